The second-order valence-corrected chi connectivity index (χ2v) is 7.41. The van der Waals surface area contributed by atoms with Crippen molar-refractivity contribution in [2.24, 2.45) is 0 Å². The van der Waals surface area contributed by atoms with Crippen LogP contribution in [0.2, 0.25) is 5.02 Å². The van der Waals surface area contributed by atoms with Crippen molar-refractivity contribution in [3.8, 4) is 5.69 Å². The normalized spacial score (nSPS) is 20.7. The summed E-state index contributed by atoms with van der Waals surface area (Å²) in [5.41, 5.74) is 2.31. The van der Waals surface area contributed by atoms with Gasteiger partial charge in [0.15, 0.2) is 0 Å². The van der Waals surface area contributed by atoms with E-state index in [0.29, 0.717) is 10.6 Å². The van der Waals surface area contributed by atoms with E-state index >= 15 is 0 Å². The van der Waals surface area contributed by atoms with Gasteiger partial charge >= 0.3 is 0 Å². The van der Waals surface area contributed by atoms with Crippen LogP contribution in [0.25, 0.3) is 5.69 Å². The number of benzene rings is 1. The Balaban J connectivity index is 1.85. The molecule has 0 atom stereocenters. The van der Waals surface area contributed by atoms with E-state index in [9.17, 15) is 9.90 Å². The Morgan fingerprint density at radius 2 is 2.04 bits per heavy atom. The Morgan fingerprint density at radius 3 is 2.68 bits per heavy atom. The highest BCUT2D eigenvalue weighted by molar-refractivity contribution is 6.30. The van der Waals surface area contributed by atoms with Gasteiger partial charge in [-0.05, 0) is 49.8 Å². The molecule has 0 spiro atoms. The van der Waals surface area contributed by atoms with Crippen molar-refractivity contribution in [3.05, 3.63) is 46.7 Å². The lowest BCUT2D eigenvalue weighted by molar-refractivity contribution is 0.0866. The summed E-state index contributed by atoms with van der Waals surface area (Å²) < 4.78 is 1.79. The third kappa shape index (κ3) is 4.05. The van der Waals surface area contributed by atoms with Crippen molar-refractivity contribution in [3.63, 3.8) is 0 Å². The van der Waals surface area contributed by atoms with Crippen LogP contribution in [0, 0.1) is 0 Å². The Hall–Kier alpha value is -1.85. The molecule has 0 aliphatic heterocycles. The highest BCUT2D eigenvalue weighted by atomic mass is 35.5. The highest BCUT2D eigenvalue weighted by Gasteiger charge is 2.25. The standard InChI is InChI=1S/C19H24ClN3O2/c1-12(2)18-17(19(25)22-14-6-8-16(24)9-7-14)11-21-23(18)15-5-3-4-13(20)10-15/h3-5,10-12,14,16,24H,6-9H2,1-2H3,(H,22,25). The van der Waals surface area contributed by atoms with Gasteiger partial charge in [-0.1, -0.05) is 31.5 Å². The predicted molar refractivity (Wildman–Crippen MR) is 98.4 cm³/mol. The third-order valence-electron chi connectivity index (χ3n) is 4.68. The predicted octanol–water partition coefficient (Wildman–Crippen LogP) is 3.68. The molecule has 1 heterocycles. The smallest absolute Gasteiger partial charge is 0.255 e. The summed E-state index contributed by atoms with van der Waals surface area (Å²) in [5.74, 6) is 0.0359. The maximum absolute atomic E-state index is 12.8. The molecule has 1 aliphatic carbocycles. The molecule has 2 aromatic rings. The van der Waals surface area contributed by atoms with Gasteiger partial charge in [-0.15, -0.1) is 0 Å². The van der Waals surface area contributed by atoms with E-state index in [1.165, 1.54) is 0 Å². The molecule has 0 radical (unpaired) electrons. The molecule has 0 unspecified atom stereocenters. The summed E-state index contributed by atoms with van der Waals surface area (Å²) in [5, 5.41) is 17.8. The van der Waals surface area contributed by atoms with Gasteiger partial charge in [0.05, 0.1) is 29.2 Å². The van der Waals surface area contributed by atoms with Crippen LogP contribution in [-0.2, 0) is 0 Å². The van der Waals surface area contributed by atoms with E-state index < -0.39 is 0 Å². The lowest BCUT2D eigenvalue weighted by Crippen LogP contribution is -2.38. The van der Waals surface area contributed by atoms with Gasteiger partial charge in [-0.2, -0.15) is 5.10 Å². The number of hydrogen-bond acceptors (Lipinski definition) is 3. The number of halogens is 1. The topological polar surface area (TPSA) is 67.2 Å². The average molecular weight is 362 g/mol. The van der Waals surface area contributed by atoms with E-state index in [4.69, 9.17) is 11.6 Å². The first-order valence-corrected chi connectivity index (χ1v) is 9.16. The Labute approximate surface area is 153 Å². The summed E-state index contributed by atoms with van der Waals surface area (Å²) in [7, 11) is 0. The molecule has 2 N–H and O–H groups in total. The van der Waals surface area contributed by atoms with E-state index in [2.05, 4.69) is 10.4 Å². The molecule has 0 saturated heterocycles. The molecule has 1 aromatic carbocycles. The lowest BCUT2D eigenvalue weighted by atomic mass is 9.93. The van der Waals surface area contributed by atoms with Crippen LogP contribution < -0.4 is 5.32 Å². The number of nitrogens with zero attached hydrogens (tertiary/aromatic N) is 2. The number of hydrogen-bond donors (Lipinski definition) is 2. The quantitative estimate of drug-likeness (QED) is 0.872. The summed E-state index contributed by atoms with van der Waals surface area (Å²) >= 11 is 6.10. The van der Waals surface area contributed by atoms with Crippen molar-refractivity contribution in [1.29, 1.82) is 0 Å². The molecule has 134 valence electrons. The molecule has 5 nitrogen and oxygen atoms in total. The van der Waals surface area contributed by atoms with Gasteiger partial charge in [-0.3, -0.25) is 4.79 Å². The molecule has 1 fully saturated rings. The van der Waals surface area contributed by atoms with Crippen molar-refractivity contribution in [2.45, 2.75) is 57.6 Å². The molecule has 1 aliphatic rings. The minimum Gasteiger partial charge on any atom is -0.393 e. The van der Waals surface area contributed by atoms with Crippen LogP contribution in [0.15, 0.2) is 30.5 Å². The van der Waals surface area contributed by atoms with Gasteiger partial charge in [-0.25, -0.2) is 4.68 Å². The Kier molecular flexibility index (Phi) is 5.45. The first-order chi connectivity index (χ1) is 12.0. The molecular formula is C19H24ClN3O2. The first kappa shape index (κ1) is 18.0. The second-order valence-electron chi connectivity index (χ2n) is 6.97. The SMILES string of the molecule is CC(C)c1c(C(=O)NC2CCC(O)CC2)cnn1-c1cccc(Cl)c1. The van der Waals surface area contributed by atoms with Crippen molar-refractivity contribution in [1.82, 2.24) is 15.1 Å². The van der Waals surface area contributed by atoms with Crippen LogP contribution in [-0.4, -0.2) is 32.9 Å². The molecule has 25 heavy (non-hydrogen) atoms. The number of aromatic nitrogens is 2. The zero-order valence-electron chi connectivity index (χ0n) is 14.6. The number of carbonyl (C=O) groups is 1. The van der Waals surface area contributed by atoms with Crippen molar-refractivity contribution in [2.75, 3.05) is 0 Å². The minimum absolute atomic E-state index is 0.0987. The van der Waals surface area contributed by atoms with Crippen LogP contribution >= 0.6 is 11.6 Å². The summed E-state index contributed by atoms with van der Waals surface area (Å²) in [6, 6.07) is 7.57. The maximum atomic E-state index is 12.8. The number of amides is 1. The largest absolute Gasteiger partial charge is 0.393 e. The van der Waals surface area contributed by atoms with Crippen LogP contribution in [0.5, 0.6) is 0 Å². The zero-order chi connectivity index (χ0) is 18.0. The maximum Gasteiger partial charge on any atom is 0.255 e. The van der Waals surface area contributed by atoms with Gasteiger partial charge in [0.25, 0.3) is 5.91 Å². The number of aliphatic hydroxyl groups excluding tert-OH is 1. The van der Waals surface area contributed by atoms with E-state index in [-0.39, 0.29) is 24.0 Å². The lowest BCUT2D eigenvalue weighted by Gasteiger charge is -2.26. The fraction of sp³-hybridized carbons (Fsp3) is 0.474. The molecule has 1 amide bonds. The van der Waals surface area contributed by atoms with Crippen molar-refractivity contribution >= 4 is 17.5 Å². The summed E-state index contributed by atoms with van der Waals surface area (Å²) in [6.07, 6.45) is 4.50. The number of carbonyl (C=O) groups excluding carboxylic acids is 1. The highest BCUT2D eigenvalue weighted by Crippen LogP contribution is 2.25. The molecule has 1 saturated carbocycles. The van der Waals surface area contributed by atoms with Gasteiger partial charge in [0.2, 0.25) is 0 Å². The van der Waals surface area contributed by atoms with E-state index in [1.54, 1.807) is 10.9 Å². The zero-order valence-corrected chi connectivity index (χ0v) is 15.3. The fourth-order valence-electron chi connectivity index (χ4n) is 3.39. The molecular weight excluding hydrogens is 338 g/mol. The molecule has 6 heteroatoms. The van der Waals surface area contributed by atoms with Gasteiger partial charge < -0.3 is 10.4 Å². The van der Waals surface area contributed by atoms with Crippen molar-refractivity contribution < 1.29 is 9.90 Å². The average Bonchev–Trinajstić information content (AvgIpc) is 3.02. The molecule has 0 bridgehead atoms. The molecule has 3 rings (SSSR count). The number of aliphatic hydroxyl groups is 1. The Morgan fingerprint density at radius 1 is 1.32 bits per heavy atom. The second kappa shape index (κ2) is 7.58. The summed E-state index contributed by atoms with van der Waals surface area (Å²) in [6.45, 7) is 4.09. The number of rotatable bonds is 4. The van der Waals surface area contributed by atoms with E-state index in [1.807, 2.05) is 38.1 Å². The van der Waals surface area contributed by atoms with Gasteiger partial charge in [0, 0.05) is 11.1 Å². The third-order valence-corrected chi connectivity index (χ3v) is 4.92. The minimum atomic E-state index is -0.232. The summed E-state index contributed by atoms with van der Waals surface area (Å²) in [4.78, 5) is 12.8. The van der Waals surface area contributed by atoms with Gasteiger partial charge in [0.1, 0.15) is 0 Å². The van der Waals surface area contributed by atoms with E-state index in [0.717, 1.165) is 37.1 Å². The molecule has 1 aromatic heterocycles. The fourth-order valence-corrected chi connectivity index (χ4v) is 3.57. The van der Waals surface area contributed by atoms with Crippen LogP contribution in [0.1, 0.15) is 61.5 Å². The Bertz CT molecular complexity index is 749. The number of nitrogens with one attached hydrogen (secondary N) is 1. The van der Waals surface area contributed by atoms with Crippen LogP contribution in [0.3, 0.4) is 0 Å². The van der Waals surface area contributed by atoms with Crippen LogP contribution in [0.4, 0.5) is 0 Å². The first-order valence-electron chi connectivity index (χ1n) is 8.78. The monoisotopic (exact) mass is 361 g/mol.